The molecule has 1 aromatic rings. The van der Waals surface area contributed by atoms with Crippen LogP contribution in [-0.4, -0.2) is 43.0 Å². The molecule has 3 heterocycles. The molecule has 1 spiro atoms. The summed E-state index contributed by atoms with van der Waals surface area (Å²) in [4.78, 5) is 17.8. The number of carbonyl (C=O) groups is 1. The molecular formula is C13H17N3O3. The van der Waals surface area contributed by atoms with Gasteiger partial charge in [-0.3, -0.25) is 4.79 Å². The number of hydrogen-bond acceptors (Lipinski definition) is 5. The lowest BCUT2D eigenvalue weighted by molar-refractivity contribution is -0.161. The predicted octanol–water partition coefficient (Wildman–Crippen LogP) is 0.524. The number of hydrogen-bond donors (Lipinski definition) is 1. The molecule has 2 aliphatic heterocycles. The lowest BCUT2D eigenvalue weighted by atomic mass is 10.0. The summed E-state index contributed by atoms with van der Waals surface area (Å²) >= 11 is 0. The highest BCUT2D eigenvalue weighted by Gasteiger charge is 2.41. The summed E-state index contributed by atoms with van der Waals surface area (Å²) in [6.07, 6.45) is 3.48. The monoisotopic (exact) mass is 263 g/mol. The molecule has 2 saturated heterocycles. The highest BCUT2D eigenvalue weighted by molar-refractivity contribution is 5.97. The number of amides is 1. The van der Waals surface area contributed by atoms with Crippen molar-refractivity contribution in [2.45, 2.75) is 18.6 Å². The van der Waals surface area contributed by atoms with E-state index >= 15 is 0 Å². The minimum absolute atomic E-state index is 0.442. The second-order valence-corrected chi connectivity index (χ2v) is 4.87. The Morgan fingerprint density at radius 1 is 1.42 bits per heavy atom. The number of nitrogens with two attached hydrogens (primary N) is 1. The van der Waals surface area contributed by atoms with E-state index in [0.29, 0.717) is 31.1 Å². The smallest absolute Gasteiger partial charge is 0.252 e. The van der Waals surface area contributed by atoms with Crippen LogP contribution in [0.2, 0.25) is 0 Å². The lowest BCUT2D eigenvalue weighted by Crippen LogP contribution is -2.49. The molecule has 0 atom stereocenters. The van der Waals surface area contributed by atoms with Crippen molar-refractivity contribution in [3.63, 3.8) is 0 Å². The Morgan fingerprint density at radius 3 is 2.95 bits per heavy atom. The standard InChI is InChI=1S/C13H17N3O3/c14-11(17)10-3-1-5-15-12(10)16-6-2-4-13(9-16)18-7-8-19-13/h1,3,5H,2,4,6-9H2,(H2,14,17). The van der Waals surface area contributed by atoms with Crippen molar-refractivity contribution in [3.05, 3.63) is 23.9 Å². The van der Waals surface area contributed by atoms with Gasteiger partial charge in [0.1, 0.15) is 5.82 Å². The lowest BCUT2D eigenvalue weighted by Gasteiger charge is -2.39. The fourth-order valence-electron chi connectivity index (χ4n) is 2.74. The van der Waals surface area contributed by atoms with E-state index in [1.165, 1.54) is 0 Å². The maximum atomic E-state index is 11.5. The zero-order chi connectivity index (χ0) is 13.3. The Hall–Kier alpha value is -1.66. The maximum Gasteiger partial charge on any atom is 0.252 e. The summed E-state index contributed by atoms with van der Waals surface area (Å²) in [5, 5.41) is 0. The van der Waals surface area contributed by atoms with Crippen LogP contribution in [0.25, 0.3) is 0 Å². The molecule has 1 aromatic heterocycles. The van der Waals surface area contributed by atoms with E-state index in [9.17, 15) is 4.79 Å². The SMILES string of the molecule is NC(=O)c1cccnc1N1CCCC2(C1)OCCO2. The maximum absolute atomic E-state index is 11.5. The average Bonchev–Trinajstić information content (AvgIpc) is 2.86. The molecule has 0 bridgehead atoms. The topological polar surface area (TPSA) is 77.7 Å². The van der Waals surface area contributed by atoms with Crippen LogP contribution in [0.15, 0.2) is 18.3 Å². The highest BCUT2D eigenvalue weighted by Crippen LogP contribution is 2.32. The number of anilines is 1. The zero-order valence-electron chi connectivity index (χ0n) is 10.7. The highest BCUT2D eigenvalue weighted by atomic mass is 16.7. The molecule has 0 unspecified atom stereocenters. The Labute approximate surface area is 111 Å². The number of aromatic nitrogens is 1. The summed E-state index contributed by atoms with van der Waals surface area (Å²) in [6, 6.07) is 3.41. The van der Waals surface area contributed by atoms with Crippen LogP contribution in [0.1, 0.15) is 23.2 Å². The molecule has 19 heavy (non-hydrogen) atoms. The van der Waals surface area contributed by atoms with Crippen LogP contribution in [-0.2, 0) is 9.47 Å². The van der Waals surface area contributed by atoms with Gasteiger partial charge in [-0.15, -0.1) is 0 Å². The third kappa shape index (κ3) is 2.29. The number of nitrogens with zero attached hydrogens (tertiary/aromatic N) is 2. The van der Waals surface area contributed by atoms with Crippen LogP contribution in [0.4, 0.5) is 5.82 Å². The second kappa shape index (κ2) is 4.79. The van der Waals surface area contributed by atoms with E-state index in [2.05, 4.69) is 4.98 Å². The van der Waals surface area contributed by atoms with Gasteiger partial charge < -0.3 is 20.1 Å². The minimum atomic E-state index is -0.537. The third-order valence-corrected chi connectivity index (χ3v) is 3.58. The Bertz CT molecular complexity index is 486. The van der Waals surface area contributed by atoms with E-state index in [1.54, 1.807) is 18.3 Å². The van der Waals surface area contributed by atoms with Crippen LogP contribution >= 0.6 is 0 Å². The summed E-state index contributed by atoms with van der Waals surface area (Å²) in [6.45, 7) is 2.66. The molecule has 2 aliphatic rings. The van der Waals surface area contributed by atoms with Gasteiger partial charge in [0.2, 0.25) is 0 Å². The Balaban J connectivity index is 1.87. The minimum Gasteiger partial charge on any atom is -0.365 e. The fourth-order valence-corrected chi connectivity index (χ4v) is 2.74. The molecule has 0 radical (unpaired) electrons. The molecule has 1 amide bonds. The molecule has 6 heteroatoms. The summed E-state index contributed by atoms with van der Waals surface area (Å²) < 4.78 is 11.5. The van der Waals surface area contributed by atoms with Crippen molar-refractivity contribution >= 4 is 11.7 Å². The first-order valence-electron chi connectivity index (χ1n) is 6.48. The molecule has 2 N–H and O–H groups in total. The van der Waals surface area contributed by atoms with Gasteiger partial charge >= 0.3 is 0 Å². The molecule has 0 aliphatic carbocycles. The van der Waals surface area contributed by atoms with Crippen LogP contribution in [0.3, 0.4) is 0 Å². The van der Waals surface area contributed by atoms with E-state index in [1.807, 2.05) is 4.90 Å². The molecule has 0 saturated carbocycles. The number of ether oxygens (including phenoxy) is 2. The van der Waals surface area contributed by atoms with E-state index in [-0.39, 0.29) is 0 Å². The number of primary amides is 1. The van der Waals surface area contributed by atoms with Crippen molar-refractivity contribution in [2.24, 2.45) is 5.73 Å². The van der Waals surface area contributed by atoms with Crippen molar-refractivity contribution in [3.8, 4) is 0 Å². The fraction of sp³-hybridized carbons (Fsp3) is 0.538. The molecular weight excluding hydrogens is 246 g/mol. The van der Waals surface area contributed by atoms with Crippen LogP contribution in [0.5, 0.6) is 0 Å². The van der Waals surface area contributed by atoms with Crippen LogP contribution in [0, 0.1) is 0 Å². The molecule has 3 rings (SSSR count). The van der Waals surface area contributed by atoms with Gasteiger partial charge in [0.25, 0.3) is 5.91 Å². The number of piperidine rings is 1. The van der Waals surface area contributed by atoms with Crippen LogP contribution < -0.4 is 10.6 Å². The molecule has 6 nitrogen and oxygen atoms in total. The normalized spacial score (nSPS) is 21.8. The summed E-state index contributed by atoms with van der Waals surface area (Å²) in [5.41, 5.74) is 5.84. The quantitative estimate of drug-likeness (QED) is 0.842. The van der Waals surface area contributed by atoms with Crippen molar-refractivity contribution in [2.75, 3.05) is 31.2 Å². The van der Waals surface area contributed by atoms with E-state index in [4.69, 9.17) is 15.2 Å². The molecule has 2 fully saturated rings. The van der Waals surface area contributed by atoms with Gasteiger partial charge in [0.05, 0.1) is 25.3 Å². The Morgan fingerprint density at radius 2 is 2.21 bits per heavy atom. The van der Waals surface area contributed by atoms with Gasteiger partial charge in [-0.05, 0) is 18.6 Å². The molecule has 0 aromatic carbocycles. The summed E-state index contributed by atoms with van der Waals surface area (Å²) in [5.74, 6) is -0.380. The van der Waals surface area contributed by atoms with Crippen molar-refractivity contribution in [1.82, 2.24) is 4.98 Å². The third-order valence-electron chi connectivity index (χ3n) is 3.58. The van der Waals surface area contributed by atoms with Gasteiger partial charge in [0, 0.05) is 19.2 Å². The molecule has 102 valence electrons. The number of carbonyl (C=O) groups excluding carboxylic acids is 1. The largest absolute Gasteiger partial charge is 0.365 e. The number of rotatable bonds is 2. The van der Waals surface area contributed by atoms with Crippen molar-refractivity contribution in [1.29, 1.82) is 0 Å². The first-order valence-corrected chi connectivity index (χ1v) is 6.48. The van der Waals surface area contributed by atoms with E-state index < -0.39 is 11.7 Å². The van der Waals surface area contributed by atoms with Gasteiger partial charge in [0.15, 0.2) is 5.79 Å². The first-order chi connectivity index (χ1) is 9.20. The number of pyridine rings is 1. The summed E-state index contributed by atoms with van der Waals surface area (Å²) in [7, 11) is 0. The zero-order valence-corrected chi connectivity index (χ0v) is 10.7. The Kier molecular flexibility index (Phi) is 3.12. The first kappa shape index (κ1) is 12.4. The van der Waals surface area contributed by atoms with Gasteiger partial charge in [-0.2, -0.15) is 0 Å². The predicted molar refractivity (Wildman–Crippen MR) is 68.8 cm³/mol. The van der Waals surface area contributed by atoms with E-state index in [0.717, 1.165) is 19.4 Å². The van der Waals surface area contributed by atoms with Crippen molar-refractivity contribution < 1.29 is 14.3 Å². The van der Waals surface area contributed by atoms with Gasteiger partial charge in [-0.1, -0.05) is 0 Å². The average molecular weight is 263 g/mol. The second-order valence-electron chi connectivity index (χ2n) is 4.87. The van der Waals surface area contributed by atoms with Gasteiger partial charge in [-0.25, -0.2) is 4.98 Å².